The van der Waals surface area contributed by atoms with Crippen molar-refractivity contribution < 1.29 is 9.90 Å². The molecule has 0 heterocycles. The van der Waals surface area contributed by atoms with Crippen LogP contribution in [0, 0.1) is 5.41 Å². The van der Waals surface area contributed by atoms with Crippen LogP contribution in [-0.2, 0) is 0 Å². The van der Waals surface area contributed by atoms with E-state index in [9.17, 15) is 4.79 Å². The van der Waals surface area contributed by atoms with Crippen LogP contribution in [0.5, 0.6) is 0 Å². The summed E-state index contributed by atoms with van der Waals surface area (Å²) < 4.78 is 1.09. The Morgan fingerprint density at radius 2 is 1.86 bits per heavy atom. The smallest absolute Gasteiger partial charge is 0.405 e. The third-order valence-electron chi connectivity index (χ3n) is 5.27. The molecule has 3 aliphatic rings. The molecule has 21 heavy (non-hydrogen) atoms. The summed E-state index contributed by atoms with van der Waals surface area (Å²) in [5.41, 5.74) is 1.33. The van der Waals surface area contributed by atoms with Crippen molar-refractivity contribution in [2.75, 3.05) is 11.9 Å². The van der Waals surface area contributed by atoms with E-state index in [0.717, 1.165) is 55.2 Å². The van der Waals surface area contributed by atoms with Gasteiger partial charge in [-0.2, -0.15) is 0 Å². The Balaban J connectivity index is 1.60. The molecule has 0 atom stereocenters. The van der Waals surface area contributed by atoms with Crippen LogP contribution in [0.4, 0.5) is 10.5 Å². The summed E-state index contributed by atoms with van der Waals surface area (Å²) in [6.07, 6.45) is 5.35. The van der Waals surface area contributed by atoms with Crippen molar-refractivity contribution in [2.24, 2.45) is 5.41 Å². The first-order valence-corrected chi connectivity index (χ1v) is 8.31. The molecule has 3 aliphatic carbocycles. The predicted molar refractivity (Wildman–Crippen MR) is 86.7 cm³/mol. The van der Waals surface area contributed by atoms with Gasteiger partial charge in [-0.1, -0.05) is 22.0 Å². The minimum absolute atomic E-state index is 0.149. The zero-order valence-corrected chi connectivity index (χ0v) is 13.6. The van der Waals surface area contributed by atoms with Gasteiger partial charge in [-0.15, -0.1) is 0 Å². The molecule has 0 saturated heterocycles. The van der Waals surface area contributed by atoms with E-state index in [-0.39, 0.29) is 5.54 Å². The van der Waals surface area contributed by atoms with Crippen molar-refractivity contribution in [1.82, 2.24) is 5.32 Å². The molecule has 0 radical (unpaired) electrons. The van der Waals surface area contributed by atoms with Gasteiger partial charge >= 0.3 is 6.09 Å². The van der Waals surface area contributed by atoms with Gasteiger partial charge in [0, 0.05) is 22.2 Å². The lowest BCUT2D eigenvalue weighted by Gasteiger charge is -2.53. The van der Waals surface area contributed by atoms with Crippen molar-refractivity contribution in [3.05, 3.63) is 28.7 Å². The van der Waals surface area contributed by atoms with Crippen LogP contribution >= 0.6 is 15.9 Å². The van der Waals surface area contributed by atoms with E-state index < -0.39 is 6.09 Å². The lowest BCUT2D eigenvalue weighted by Crippen LogP contribution is -2.57. The monoisotopic (exact) mass is 352 g/mol. The highest BCUT2D eigenvalue weighted by Gasteiger charge is 2.49. The predicted octanol–water partition coefficient (Wildman–Crippen LogP) is 4.22. The Morgan fingerprint density at radius 3 is 2.43 bits per heavy atom. The van der Waals surface area contributed by atoms with Crippen LogP contribution < -0.4 is 10.6 Å². The Bertz CT molecular complexity index is 522. The summed E-state index contributed by atoms with van der Waals surface area (Å²) >= 11 is 3.49. The zero-order valence-electron chi connectivity index (χ0n) is 12.0. The molecular weight excluding hydrogens is 332 g/mol. The van der Waals surface area contributed by atoms with Gasteiger partial charge in [-0.3, -0.25) is 0 Å². The van der Waals surface area contributed by atoms with E-state index in [2.05, 4.69) is 38.7 Å². The summed E-state index contributed by atoms with van der Waals surface area (Å²) in [7, 11) is 0. The van der Waals surface area contributed by atoms with Crippen molar-refractivity contribution in [3.63, 3.8) is 0 Å². The number of benzene rings is 1. The molecular formula is C16H21BrN2O2. The number of anilines is 1. The highest BCUT2D eigenvalue weighted by atomic mass is 79.9. The maximum atomic E-state index is 10.9. The number of hydrogen-bond donors (Lipinski definition) is 3. The molecule has 0 aliphatic heterocycles. The fourth-order valence-corrected chi connectivity index (χ4v) is 4.23. The third kappa shape index (κ3) is 3.18. The number of carbonyl (C=O) groups is 1. The van der Waals surface area contributed by atoms with E-state index in [4.69, 9.17) is 5.11 Å². The lowest BCUT2D eigenvalue weighted by molar-refractivity contribution is 0.0339. The molecule has 4 rings (SSSR count). The molecule has 3 fully saturated rings. The molecule has 5 heteroatoms. The summed E-state index contributed by atoms with van der Waals surface area (Å²) in [6.45, 7) is 0.979. The number of amides is 1. The number of halogens is 1. The largest absolute Gasteiger partial charge is 0.465 e. The number of rotatable bonds is 4. The van der Waals surface area contributed by atoms with Gasteiger partial charge in [0.25, 0.3) is 0 Å². The molecule has 1 aromatic carbocycles. The van der Waals surface area contributed by atoms with Gasteiger partial charge in [-0.25, -0.2) is 4.79 Å². The van der Waals surface area contributed by atoms with Gasteiger partial charge in [0.2, 0.25) is 0 Å². The van der Waals surface area contributed by atoms with E-state index in [0.29, 0.717) is 5.41 Å². The second-order valence-corrected chi connectivity index (χ2v) is 7.49. The van der Waals surface area contributed by atoms with Crippen molar-refractivity contribution >= 4 is 27.7 Å². The summed E-state index contributed by atoms with van der Waals surface area (Å²) in [6, 6.07) is 8.24. The minimum Gasteiger partial charge on any atom is -0.465 e. The lowest BCUT2D eigenvalue weighted by atomic mass is 9.57. The van der Waals surface area contributed by atoms with Crippen LogP contribution in [0.2, 0.25) is 0 Å². The van der Waals surface area contributed by atoms with Gasteiger partial charge in [-0.05, 0) is 62.1 Å². The average molecular weight is 353 g/mol. The van der Waals surface area contributed by atoms with Gasteiger partial charge in [0.05, 0.1) is 0 Å². The van der Waals surface area contributed by atoms with Crippen LogP contribution in [0.3, 0.4) is 0 Å². The first-order valence-electron chi connectivity index (χ1n) is 7.52. The molecule has 0 unspecified atom stereocenters. The Morgan fingerprint density at radius 1 is 1.19 bits per heavy atom. The SMILES string of the molecule is O=C(O)NC12CCC(CNc3cccc(Br)c3)(CC1)CC2. The third-order valence-corrected chi connectivity index (χ3v) is 5.76. The standard InChI is InChI=1S/C16H21BrN2O2/c17-12-2-1-3-13(10-12)18-11-15-4-7-16(8-5-15,9-6-15)19-14(20)21/h1-3,10,18-19H,4-9,11H2,(H,20,21). The van der Waals surface area contributed by atoms with E-state index >= 15 is 0 Å². The van der Waals surface area contributed by atoms with Crippen molar-refractivity contribution in [3.8, 4) is 0 Å². The number of nitrogens with one attached hydrogen (secondary N) is 2. The molecule has 114 valence electrons. The second-order valence-electron chi connectivity index (χ2n) is 6.57. The summed E-state index contributed by atoms with van der Waals surface area (Å²) in [5.74, 6) is 0. The average Bonchev–Trinajstić information content (AvgIpc) is 2.47. The summed E-state index contributed by atoms with van der Waals surface area (Å²) in [5, 5.41) is 15.3. The quantitative estimate of drug-likeness (QED) is 0.759. The highest BCUT2D eigenvalue weighted by molar-refractivity contribution is 9.10. The topological polar surface area (TPSA) is 61.4 Å². The number of carboxylic acid groups (broad SMARTS) is 1. The molecule has 0 spiro atoms. The van der Waals surface area contributed by atoms with Gasteiger partial charge < -0.3 is 15.7 Å². The number of fused-ring (bicyclic) bond motifs is 3. The minimum atomic E-state index is -0.878. The maximum absolute atomic E-state index is 10.9. The second kappa shape index (κ2) is 5.52. The fraction of sp³-hybridized carbons (Fsp3) is 0.562. The Kier molecular flexibility index (Phi) is 3.86. The number of hydrogen-bond acceptors (Lipinski definition) is 2. The fourth-order valence-electron chi connectivity index (χ4n) is 3.83. The molecule has 1 aromatic rings. The van der Waals surface area contributed by atoms with Gasteiger partial charge in [0.15, 0.2) is 0 Å². The first-order chi connectivity index (χ1) is 10.0. The van der Waals surface area contributed by atoms with Crippen LogP contribution in [-0.4, -0.2) is 23.3 Å². The van der Waals surface area contributed by atoms with Crippen molar-refractivity contribution in [1.29, 1.82) is 0 Å². The van der Waals surface area contributed by atoms with Crippen LogP contribution in [0.1, 0.15) is 38.5 Å². The molecule has 3 N–H and O–H groups in total. The molecule has 0 aromatic heterocycles. The van der Waals surface area contributed by atoms with Crippen LogP contribution in [0.15, 0.2) is 28.7 Å². The Hall–Kier alpha value is -1.23. The van der Waals surface area contributed by atoms with E-state index in [1.807, 2.05) is 12.1 Å². The molecule has 2 bridgehead atoms. The van der Waals surface area contributed by atoms with E-state index in [1.54, 1.807) is 0 Å². The van der Waals surface area contributed by atoms with Crippen molar-refractivity contribution in [2.45, 2.75) is 44.1 Å². The highest BCUT2D eigenvalue weighted by Crippen LogP contribution is 2.52. The molecule has 1 amide bonds. The molecule has 3 saturated carbocycles. The normalized spacial score (nSPS) is 30.9. The zero-order chi connectivity index (χ0) is 14.9. The Labute approximate surface area is 133 Å². The van der Waals surface area contributed by atoms with Crippen LogP contribution in [0.25, 0.3) is 0 Å². The molecule has 4 nitrogen and oxygen atoms in total. The van der Waals surface area contributed by atoms with E-state index in [1.165, 1.54) is 0 Å². The maximum Gasteiger partial charge on any atom is 0.405 e. The summed E-state index contributed by atoms with van der Waals surface area (Å²) in [4.78, 5) is 10.9. The first kappa shape index (κ1) is 14.7. The van der Waals surface area contributed by atoms with Gasteiger partial charge in [0.1, 0.15) is 0 Å².